The van der Waals surface area contributed by atoms with E-state index in [1.54, 1.807) is 4.90 Å². The van der Waals surface area contributed by atoms with Crippen LogP contribution < -0.4 is 14.8 Å². The topological polar surface area (TPSA) is 72.5 Å². The Bertz CT molecular complexity index is 936. The molecule has 3 aliphatic heterocycles. The van der Waals surface area contributed by atoms with Crippen molar-refractivity contribution in [3.8, 4) is 11.5 Å². The predicted octanol–water partition coefficient (Wildman–Crippen LogP) is 2.23. The fourth-order valence-corrected chi connectivity index (χ4v) is 4.40. The first kappa shape index (κ1) is 21.1. The van der Waals surface area contributed by atoms with Crippen molar-refractivity contribution in [3.05, 3.63) is 59.7 Å². The highest BCUT2D eigenvalue weighted by molar-refractivity contribution is 5.74. The average Bonchev–Trinajstić information content (AvgIpc) is 2.83. The lowest BCUT2D eigenvalue weighted by Crippen LogP contribution is -2.63. The van der Waals surface area contributed by atoms with Gasteiger partial charge in [0.25, 0.3) is 0 Å². The standard InChI is InChI=1S/C24H29N3O5/c28-23(25-15-19-4-2-1-3-5-19)27-9-11-32-24(18-27)17-26(8-10-31-24)16-20-6-7-21-22(14-20)30-13-12-29-21/h1-7,14H,8-13,15-18H2,(H,25,28). The van der Waals surface area contributed by atoms with Crippen LogP contribution in [0, 0.1) is 0 Å². The number of fused-ring (bicyclic) bond motifs is 1. The van der Waals surface area contributed by atoms with Crippen LogP contribution in [0.3, 0.4) is 0 Å². The van der Waals surface area contributed by atoms with Crippen molar-refractivity contribution in [3.63, 3.8) is 0 Å². The van der Waals surface area contributed by atoms with Crippen molar-refractivity contribution in [2.75, 3.05) is 52.6 Å². The molecule has 1 atom stereocenters. The van der Waals surface area contributed by atoms with E-state index in [0.29, 0.717) is 52.6 Å². The first-order chi connectivity index (χ1) is 15.7. The summed E-state index contributed by atoms with van der Waals surface area (Å²) < 4.78 is 23.5. The molecule has 0 bridgehead atoms. The summed E-state index contributed by atoms with van der Waals surface area (Å²) in [6.07, 6.45) is 0. The number of hydrogen-bond donors (Lipinski definition) is 1. The number of morpholine rings is 2. The molecule has 0 saturated carbocycles. The molecule has 0 aliphatic carbocycles. The zero-order chi connectivity index (χ0) is 21.8. The molecule has 2 aromatic rings. The number of hydrogen-bond acceptors (Lipinski definition) is 6. The van der Waals surface area contributed by atoms with Gasteiger partial charge in [-0.3, -0.25) is 4.90 Å². The molecule has 170 valence electrons. The third-order valence-corrected chi connectivity index (χ3v) is 5.98. The largest absolute Gasteiger partial charge is 0.486 e. The maximum atomic E-state index is 12.8. The Labute approximate surface area is 188 Å². The molecule has 5 rings (SSSR count). The minimum atomic E-state index is -0.797. The average molecular weight is 440 g/mol. The van der Waals surface area contributed by atoms with Gasteiger partial charge < -0.3 is 29.2 Å². The quantitative estimate of drug-likeness (QED) is 0.788. The van der Waals surface area contributed by atoms with Crippen LogP contribution >= 0.6 is 0 Å². The normalized spacial score (nSPS) is 23.2. The van der Waals surface area contributed by atoms with Gasteiger partial charge in [-0.25, -0.2) is 4.79 Å². The molecule has 32 heavy (non-hydrogen) atoms. The smallest absolute Gasteiger partial charge is 0.317 e. The fourth-order valence-electron chi connectivity index (χ4n) is 4.40. The van der Waals surface area contributed by atoms with Gasteiger partial charge in [-0.15, -0.1) is 0 Å². The first-order valence-electron chi connectivity index (χ1n) is 11.1. The lowest BCUT2D eigenvalue weighted by Gasteiger charge is -2.47. The van der Waals surface area contributed by atoms with Gasteiger partial charge in [-0.2, -0.15) is 0 Å². The van der Waals surface area contributed by atoms with Crippen molar-refractivity contribution in [1.82, 2.24) is 15.1 Å². The van der Waals surface area contributed by atoms with E-state index in [1.165, 1.54) is 0 Å². The Kier molecular flexibility index (Phi) is 6.16. The zero-order valence-corrected chi connectivity index (χ0v) is 18.1. The SMILES string of the molecule is O=C(NCc1ccccc1)N1CCOC2(CN(Cc3ccc4c(c3)OCCO4)CCO2)C1. The van der Waals surface area contributed by atoms with Crippen LogP contribution in [0.4, 0.5) is 4.79 Å². The molecular weight excluding hydrogens is 410 g/mol. The molecule has 2 aromatic carbocycles. The van der Waals surface area contributed by atoms with Crippen molar-refractivity contribution >= 4 is 6.03 Å². The monoisotopic (exact) mass is 439 g/mol. The third kappa shape index (κ3) is 4.82. The van der Waals surface area contributed by atoms with Crippen LogP contribution in [0.1, 0.15) is 11.1 Å². The second-order valence-electron chi connectivity index (χ2n) is 8.36. The van der Waals surface area contributed by atoms with Gasteiger partial charge in [-0.1, -0.05) is 36.4 Å². The van der Waals surface area contributed by atoms with Gasteiger partial charge in [-0.05, 0) is 23.3 Å². The zero-order valence-electron chi connectivity index (χ0n) is 18.1. The molecule has 3 heterocycles. The fraction of sp³-hybridized carbons (Fsp3) is 0.458. The van der Waals surface area contributed by atoms with Crippen molar-refractivity contribution < 1.29 is 23.7 Å². The summed E-state index contributed by atoms with van der Waals surface area (Å²) in [5.74, 6) is 0.798. The molecule has 3 aliphatic rings. The van der Waals surface area contributed by atoms with E-state index in [0.717, 1.165) is 35.7 Å². The maximum Gasteiger partial charge on any atom is 0.317 e. The summed E-state index contributed by atoms with van der Waals surface area (Å²) >= 11 is 0. The lowest BCUT2D eigenvalue weighted by atomic mass is 10.1. The second kappa shape index (κ2) is 9.36. The molecule has 0 aromatic heterocycles. The Balaban J connectivity index is 1.19. The number of rotatable bonds is 4. The Hall–Kier alpha value is -2.81. The summed E-state index contributed by atoms with van der Waals surface area (Å²) in [7, 11) is 0. The molecule has 2 fully saturated rings. The summed E-state index contributed by atoms with van der Waals surface area (Å²) in [6, 6.07) is 15.9. The van der Waals surface area contributed by atoms with Crippen molar-refractivity contribution in [2.24, 2.45) is 0 Å². The highest BCUT2D eigenvalue weighted by atomic mass is 16.7. The Morgan fingerprint density at radius 3 is 2.50 bits per heavy atom. The number of carbonyl (C=O) groups excluding carboxylic acids is 1. The third-order valence-electron chi connectivity index (χ3n) is 5.98. The van der Waals surface area contributed by atoms with Crippen LogP contribution in [0.2, 0.25) is 0 Å². The Morgan fingerprint density at radius 1 is 0.875 bits per heavy atom. The summed E-state index contributed by atoms with van der Waals surface area (Å²) in [5, 5.41) is 3.01. The number of benzene rings is 2. The summed E-state index contributed by atoms with van der Waals surface area (Å²) in [5.41, 5.74) is 2.22. The molecule has 8 nitrogen and oxygen atoms in total. The van der Waals surface area contributed by atoms with Crippen LogP contribution in [-0.4, -0.2) is 74.2 Å². The van der Waals surface area contributed by atoms with E-state index in [9.17, 15) is 4.79 Å². The molecule has 1 N–H and O–H groups in total. The molecule has 0 radical (unpaired) electrons. The number of carbonyl (C=O) groups is 1. The highest BCUT2D eigenvalue weighted by Crippen LogP contribution is 2.32. The van der Waals surface area contributed by atoms with Crippen LogP contribution in [0.25, 0.3) is 0 Å². The maximum absolute atomic E-state index is 12.8. The predicted molar refractivity (Wildman–Crippen MR) is 118 cm³/mol. The van der Waals surface area contributed by atoms with Crippen LogP contribution in [-0.2, 0) is 22.6 Å². The van der Waals surface area contributed by atoms with E-state index in [2.05, 4.69) is 16.3 Å². The van der Waals surface area contributed by atoms with Crippen LogP contribution in [0.15, 0.2) is 48.5 Å². The van der Waals surface area contributed by atoms with Crippen molar-refractivity contribution in [1.29, 1.82) is 0 Å². The van der Waals surface area contributed by atoms with E-state index >= 15 is 0 Å². The highest BCUT2D eigenvalue weighted by Gasteiger charge is 2.43. The number of urea groups is 1. The number of ether oxygens (including phenoxy) is 4. The molecule has 1 unspecified atom stereocenters. The van der Waals surface area contributed by atoms with Gasteiger partial charge in [0, 0.05) is 26.2 Å². The van der Waals surface area contributed by atoms with Crippen molar-refractivity contribution in [2.45, 2.75) is 18.9 Å². The molecule has 2 amide bonds. The number of nitrogens with one attached hydrogen (secondary N) is 1. The summed E-state index contributed by atoms with van der Waals surface area (Å²) in [6.45, 7) is 5.80. The molecule has 1 spiro atoms. The Morgan fingerprint density at radius 2 is 1.66 bits per heavy atom. The first-order valence-corrected chi connectivity index (χ1v) is 11.1. The molecule has 2 saturated heterocycles. The van der Waals surface area contributed by atoms with E-state index in [-0.39, 0.29) is 6.03 Å². The summed E-state index contributed by atoms with van der Waals surface area (Å²) in [4.78, 5) is 16.9. The van der Waals surface area contributed by atoms with Gasteiger partial charge in [0.15, 0.2) is 17.3 Å². The number of nitrogens with zero attached hydrogens (tertiary/aromatic N) is 2. The van der Waals surface area contributed by atoms with Crippen LogP contribution in [0.5, 0.6) is 11.5 Å². The minimum Gasteiger partial charge on any atom is -0.486 e. The van der Waals surface area contributed by atoms with E-state index < -0.39 is 5.79 Å². The minimum absolute atomic E-state index is 0.0934. The van der Waals surface area contributed by atoms with Gasteiger partial charge >= 0.3 is 6.03 Å². The van der Waals surface area contributed by atoms with Gasteiger partial charge in [0.05, 0.1) is 26.3 Å². The lowest BCUT2D eigenvalue weighted by molar-refractivity contribution is -0.287. The second-order valence-corrected chi connectivity index (χ2v) is 8.36. The molecular formula is C24H29N3O5. The van der Waals surface area contributed by atoms with E-state index in [1.807, 2.05) is 42.5 Å². The van der Waals surface area contributed by atoms with Gasteiger partial charge in [0.1, 0.15) is 13.2 Å². The number of amides is 2. The molecule has 8 heteroatoms. The van der Waals surface area contributed by atoms with Gasteiger partial charge in [0.2, 0.25) is 0 Å². The van der Waals surface area contributed by atoms with E-state index in [4.69, 9.17) is 18.9 Å².